The normalized spacial score (nSPS) is 18.5. The third kappa shape index (κ3) is 5.62. The highest BCUT2D eigenvalue weighted by Crippen LogP contribution is 2.21. The van der Waals surface area contributed by atoms with E-state index in [9.17, 15) is 4.79 Å². The molecular weight excluding hydrogens is 316 g/mol. The molecule has 0 aromatic carbocycles. The largest absolute Gasteiger partial charge is 0.444 e. The van der Waals surface area contributed by atoms with Crippen molar-refractivity contribution in [3.05, 3.63) is 23.2 Å². The zero-order valence-electron chi connectivity index (χ0n) is 14.3. The molecule has 1 aliphatic rings. The van der Waals surface area contributed by atoms with Crippen LogP contribution in [0.1, 0.15) is 39.3 Å². The molecule has 128 valence electrons. The molecule has 0 unspecified atom stereocenters. The number of carbonyl (C=O) groups is 1. The van der Waals surface area contributed by atoms with Gasteiger partial charge in [0, 0.05) is 31.9 Å². The van der Waals surface area contributed by atoms with Crippen LogP contribution < -0.4 is 0 Å². The first-order valence-electron chi connectivity index (χ1n) is 7.90. The summed E-state index contributed by atoms with van der Waals surface area (Å²) in [5.41, 5.74) is 0.405. The molecule has 2 heterocycles. The number of hydrogen-bond acceptors (Lipinski definition) is 5. The molecule has 0 spiro atoms. The summed E-state index contributed by atoms with van der Waals surface area (Å²) in [5.74, 6) is 0. The van der Waals surface area contributed by atoms with Gasteiger partial charge >= 0.3 is 6.09 Å². The predicted molar refractivity (Wildman–Crippen MR) is 89.3 cm³/mol. The molecule has 0 N–H and O–H groups in total. The standard InChI is InChI=1S/C16H25ClN4O2/c1-16(2,3)23-15(22)21-9-5-6-13(21)11-20(4)10-12-7-8-18-14(17)19-12/h7-8,13H,5-6,9-11H2,1-4H3/t13-/m0/s1. The summed E-state index contributed by atoms with van der Waals surface area (Å²) < 4.78 is 5.50. The molecule has 0 bridgehead atoms. The number of rotatable bonds is 4. The van der Waals surface area contributed by atoms with E-state index in [-0.39, 0.29) is 17.4 Å². The minimum absolute atomic E-state index is 0.173. The van der Waals surface area contributed by atoms with Gasteiger partial charge in [-0.3, -0.25) is 4.90 Å². The summed E-state index contributed by atoms with van der Waals surface area (Å²) in [7, 11) is 2.02. The second kappa shape index (κ2) is 7.45. The van der Waals surface area contributed by atoms with E-state index in [2.05, 4.69) is 14.9 Å². The fourth-order valence-corrected chi connectivity index (χ4v) is 2.91. The molecule has 1 fully saturated rings. The van der Waals surface area contributed by atoms with Crippen LogP contribution in [-0.2, 0) is 11.3 Å². The molecule has 6 nitrogen and oxygen atoms in total. The van der Waals surface area contributed by atoms with E-state index in [1.165, 1.54) is 0 Å². The SMILES string of the molecule is CN(Cc1ccnc(Cl)n1)C[C@@H]1CCCN1C(=O)OC(C)(C)C. The monoisotopic (exact) mass is 340 g/mol. The molecule has 1 aliphatic heterocycles. The predicted octanol–water partition coefficient (Wildman–Crippen LogP) is 2.96. The first-order valence-corrected chi connectivity index (χ1v) is 8.28. The van der Waals surface area contributed by atoms with Crippen LogP contribution in [0.3, 0.4) is 0 Å². The number of likely N-dealkylation sites (N-methyl/N-ethyl adjacent to an activating group) is 1. The molecule has 7 heteroatoms. The van der Waals surface area contributed by atoms with Gasteiger partial charge in [0.25, 0.3) is 0 Å². The van der Waals surface area contributed by atoms with Gasteiger partial charge < -0.3 is 9.64 Å². The van der Waals surface area contributed by atoms with Crippen molar-refractivity contribution < 1.29 is 9.53 Å². The maximum absolute atomic E-state index is 12.3. The Balaban J connectivity index is 1.91. The molecule has 1 atom stereocenters. The van der Waals surface area contributed by atoms with E-state index in [0.29, 0.717) is 6.54 Å². The molecule has 1 aromatic rings. The minimum Gasteiger partial charge on any atom is -0.444 e. The van der Waals surface area contributed by atoms with Crippen LogP contribution in [0.4, 0.5) is 4.79 Å². The van der Waals surface area contributed by atoms with Gasteiger partial charge in [-0.25, -0.2) is 14.8 Å². The lowest BCUT2D eigenvalue weighted by atomic mass is 10.2. The van der Waals surface area contributed by atoms with Crippen molar-refractivity contribution in [3.63, 3.8) is 0 Å². The second-order valence-corrected chi connectivity index (χ2v) is 7.32. The van der Waals surface area contributed by atoms with E-state index in [1.807, 2.05) is 38.8 Å². The van der Waals surface area contributed by atoms with Gasteiger partial charge in [-0.2, -0.15) is 0 Å². The lowest BCUT2D eigenvalue weighted by Crippen LogP contribution is -2.44. The Kier molecular flexibility index (Phi) is 5.81. The number of aromatic nitrogens is 2. The Morgan fingerprint density at radius 1 is 1.52 bits per heavy atom. The minimum atomic E-state index is -0.464. The van der Waals surface area contributed by atoms with Crippen LogP contribution in [0.25, 0.3) is 0 Å². The van der Waals surface area contributed by atoms with Crippen LogP contribution in [0, 0.1) is 0 Å². The average molecular weight is 341 g/mol. The van der Waals surface area contributed by atoms with Crippen molar-refractivity contribution in [1.82, 2.24) is 19.8 Å². The first-order chi connectivity index (χ1) is 10.7. The van der Waals surface area contributed by atoms with Crippen LogP contribution in [-0.4, -0.2) is 57.6 Å². The molecule has 1 saturated heterocycles. The molecular formula is C16H25ClN4O2. The number of ether oxygens (including phenoxy) is 1. The summed E-state index contributed by atoms with van der Waals surface area (Å²) >= 11 is 5.81. The van der Waals surface area contributed by atoms with Crippen molar-refractivity contribution in [2.75, 3.05) is 20.1 Å². The zero-order valence-corrected chi connectivity index (χ0v) is 15.0. The van der Waals surface area contributed by atoms with E-state index >= 15 is 0 Å². The summed E-state index contributed by atoms with van der Waals surface area (Å²) in [6.07, 6.45) is 3.44. The van der Waals surface area contributed by atoms with Crippen molar-refractivity contribution >= 4 is 17.7 Å². The quantitative estimate of drug-likeness (QED) is 0.789. The lowest BCUT2D eigenvalue weighted by molar-refractivity contribution is 0.0201. The van der Waals surface area contributed by atoms with Crippen LogP contribution in [0.15, 0.2) is 12.3 Å². The van der Waals surface area contributed by atoms with E-state index in [0.717, 1.165) is 31.6 Å². The van der Waals surface area contributed by atoms with E-state index < -0.39 is 5.60 Å². The lowest BCUT2D eigenvalue weighted by Gasteiger charge is -2.30. The Labute approximate surface area is 142 Å². The van der Waals surface area contributed by atoms with Crippen LogP contribution in [0.2, 0.25) is 5.28 Å². The summed E-state index contributed by atoms with van der Waals surface area (Å²) in [6.45, 7) is 7.87. The third-order valence-corrected chi connectivity index (χ3v) is 3.83. The van der Waals surface area contributed by atoms with E-state index in [4.69, 9.17) is 16.3 Å². The molecule has 0 saturated carbocycles. The number of hydrogen-bond donors (Lipinski definition) is 0. The molecule has 23 heavy (non-hydrogen) atoms. The summed E-state index contributed by atoms with van der Waals surface area (Å²) in [4.78, 5) is 24.4. The number of nitrogens with zero attached hydrogens (tertiary/aromatic N) is 4. The van der Waals surface area contributed by atoms with Gasteiger partial charge in [0.05, 0.1) is 5.69 Å². The maximum atomic E-state index is 12.3. The number of amides is 1. The van der Waals surface area contributed by atoms with Crippen molar-refractivity contribution in [1.29, 1.82) is 0 Å². The highest BCUT2D eigenvalue weighted by Gasteiger charge is 2.32. The Morgan fingerprint density at radius 2 is 2.26 bits per heavy atom. The van der Waals surface area contributed by atoms with Crippen molar-refractivity contribution in [3.8, 4) is 0 Å². The Hall–Kier alpha value is -1.40. The zero-order chi connectivity index (χ0) is 17.0. The van der Waals surface area contributed by atoms with Gasteiger partial charge in [0.15, 0.2) is 0 Å². The van der Waals surface area contributed by atoms with E-state index in [1.54, 1.807) is 6.20 Å². The summed E-state index contributed by atoms with van der Waals surface area (Å²) in [6, 6.07) is 2.02. The molecule has 1 amide bonds. The van der Waals surface area contributed by atoms with Gasteiger partial charge in [-0.15, -0.1) is 0 Å². The highest BCUT2D eigenvalue weighted by atomic mass is 35.5. The molecule has 0 radical (unpaired) electrons. The second-order valence-electron chi connectivity index (χ2n) is 6.98. The topological polar surface area (TPSA) is 58.6 Å². The fourth-order valence-electron chi connectivity index (χ4n) is 2.74. The van der Waals surface area contributed by atoms with Crippen LogP contribution >= 0.6 is 11.6 Å². The van der Waals surface area contributed by atoms with Gasteiger partial charge in [-0.1, -0.05) is 0 Å². The third-order valence-electron chi connectivity index (χ3n) is 3.64. The molecule has 2 rings (SSSR count). The van der Waals surface area contributed by atoms with Gasteiger partial charge in [0.1, 0.15) is 5.60 Å². The summed E-state index contributed by atoms with van der Waals surface area (Å²) in [5, 5.41) is 0.257. The van der Waals surface area contributed by atoms with Crippen LogP contribution in [0.5, 0.6) is 0 Å². The van der Waals surface area contributed by atoms with Crippen molar-refractivity contribution in [2.24, 2.45) is 0 Å². The van der Waals surface area contributed by atoms with Gasteiger partial charge in [0.2, 0.25) is 5.28 Å². The Morgan fingerprint density at radius 3 is 2.91 bits per heavy atom. The molecule has 1 aromatic heterocycles. The highest BCUT2D eigenvalue weighted by molar-refractivity contribution is 6.28. The molecule has 0 aliphatic carbocycles. The number of halogens is 1. The van der Waals surface area contributed by atoms with Crippen molar-refractivity contribution in [2.45, 2.75) is 51.8 Å². The fraction of sp³-hybridized carbons (Fsp3) is 0.688. The maximum Gasteiger partial charge on any atom is 0.410 e. The number of carbonyl (C=O) groups excluding carboxylic acids is 1. The average Bonchev–Trinajstić information content (AvgIpc) is 2.84. The Bertz CT molecular complexity index is 547. The van der Waals surface area contributed by atoms with Gasteiger partial charge in [-0.05, 0) is 58.3 Å². The smallest absolute Gasteiger partial charge is 0.410 e. The first kappa shape index (κ1) is 17.9. The number of likely N-dealkylation sites (tertiary alicyclic amines) is 1.